The lowest BCUT2D eigenvalue weighted by Crippen LogP contribution is -2.45. The predicted molar refractivity (Wildman–Crippen MR) is 96.2 cm³/mol. The third-order valence-corrected chi connectivity index (χ3v) is 4.24. The second-order valence-electron chi connectivity index (χ2n) is 6.63. The van der Waals surface area contributed by atoms with Crippen LogP contribution in [-0.2, 0) is 0 Å². The molecule has 2 atom stereocenters. The molecular weight excluding hydrogens is 345 g/mol. The van der Waals surface area contributed by atoms with Gasteiger partial charge in [-0.1, -0.05) is 29.8 Å². The average Bonchev–Trinajstić information content (AvgIpc) is 2.98. The van der Waals surface area contributed by atoms with Crippen molar-refractivity contribution in [2.45, 2.75) is 38.6 Å². The molecule has 0 amide bonds. The highest BCUT2D eigenvalue weighted by Crippen LogP contribution is 2.20. The van der Waals surface area contributed by atoms with Gasteiger partial charge in [0.15, 0.2) is 5.96 Å². The Morgan fingerprint density at radius 1 is 1.35 bits per heavy atom. The van der Waals surface area contributed by atoms with Crippen LogP contribution in [0.25, 0.3) is 0 Å². The van der Waals surface area contributed by atoms with Gasteiger partial charge in [-0.15, -0.1) is 0 Å². The van der Waals surface area contributed by atoms with E-state index in [9.17, 15) is 18.3 Å². The highest BCUT2D eigenvalue weighted by Gasteiger charge is 2.34. The van der Waals surface area contributed by atoms with Crippen LogP contribution in [0.1, 0.15) is 30.6 Å². The van der Waals surface area contributed by atoms with E-state index in [1.807, 2.05) is 38.1 Å². The average molecular weight is 372 g/mol. The number of nitrogens with one attached hydrogen (secondary N) is 2. The van der Waals surface area contributed by atoms with Gasteiger partial charge in [0.2, 0.25) is 0 Å². The van der Waals surface area contributed by atoms with Crippen LogP contribution in [0, 0.1) is 6.92 Å². The van der Waals surface area contributed by atoms with Gasteiger partial charge in [-0.25, -0.2) is 0 Å². The zero-order valence-electron chi connectivity index (χ0n) is 15.2. The first-order valence-corrected chi connectivity index (χ1v) is 8.85. The second-order valence-corrected chi connectivity index (χ2v) is 6.63. The summed E-state index contributed by atoms with van der Waals surface area (Å²) in [4.78, 5) is 5.77. The maximum absolute atomic E-state index is 12.5. The normalized spacial score (nSPS) is 20.2. The van der Waals surface area contributed by atoms with E-state index in [0.29, 0.717) is 32.0 Å². The topological polar surface area (TPSA) is 59.9 Å². The van der Waals surface area contributed by atoms with Crippen LogP contribution in [0.3, 0.4) is 0 Å². The van der Waals surface area contributed by atoms with E-state index in [4.69, 9.17) is 0 Å². The molecule has 0 aromatic heterocycles. The Hall–Kier alpha value is -1.80. The van der Waals surface area contributed by atoms with E-state index in [0.717, 1.165) is 11.1 Å². The van der Waals surface area contributed by atoms with Crippen LogP contribution < -0.4 is 10.6 Å². The summed E-state index contributed by atoms with van der Waals surface area (Å²) in [5, 5.41) is 16.5. The molecule has 0 aliphatic carbocycles. The second kappa shape index (κ2) is 9.23. The van der Waals surface area contributed by atoms with Gasteiger partial charge in [-0.2, -0.15) is 13.2 Å². The van der Waals surface area contributed by atoms with E-state index in [1.54, 1.807) is 0 Å². The molecule has 146 valence electrons. The highest BCUT2D eigenvalue weighted by atomic mass is 19.4. The Balaban J connectivity index is 1.89. The standard InChI is InChI=1S/C18H27F3N4O/c1-3-22-17(23-10-16(26)14-6-4-13(2)5-7-14)24-15-8-9-25(11-15)12-18(19,20)21/h4-7,15-16,26H,3,8-12H2,1-2H3,(H2,22,23,24). The van der Waals surface area contributed by atoms with Crippen molar-refractivity contribution in [3.8, 4) is 0 Å². The first-order valence-electron chi connectivity index (χ1n) is 8.85. The summed E-state index contributed by atoms with van der Waals surface area (Å²) in [5.74, 6) is 0.512. The largest absolute Gasteiger partial charge is 0.401 e. The molecule has 5 nitrogen and oxygen atoms in total. The number of alkyl halides is 3. The van der Waals surface area contributed by atoms with Gasteiger partial charge in [0.05, 0.1) is 19.2 Å². The molecular formula is C18H27F3N4O. The molecule has 3 N–H and O–H groups in total. The molecule has 1 aromatic carbocycles. The maximum Gasteiger partial charge on any atom is 0.401 e. The summed E-state index contributed by atoms with van der Waals surface area (Å²) in [6, 6.07) is 7.49. The minimum atomic E-state index is -4.17. The van der Waals surface area contributed by atoms with Crippen LogP contribution in [0.2, 0.25) is 0 Å². The third kappa shape index (κ3) is 6.84. The minimum Gasteiger partial charge on any atom is -0.386 e. The zero-order chi connectivity index (χ0) is 19.2. The van der Waals surface area contributed by atoms with E-state index >= 15 is 0 Å². The fourth-order valence-electron chi connectivity index (χ4n) is 2.93. The van der Waals surface area contributed by atoms with Gasteiger partial charge in [0, 0.05) is 25.7 Å². The van der Waals surface area contributed by atoms with Crippen molar-refractivity contribution in [2.24, 2.45) is 4.99 Å². The Morgan fingerprint density at radius 3 is 2.65 bits per heavy atom. The molecule has 2 unspecified atom stereocenters. The molecule has 0 saturated carbocycles. The summed E-state index contributed by atoms with van der Waals surface area (Å²) < 4.78 is 37.5. The Bertz CT molecular complexity index is 589. The molecule has 0 radical (unpaired) electrons. The number of rotatable bonds is 6. The predicted octanol–water partition coefficient (Wildman–Crippen LogP) is 2.22. The fourth-order valence-corrected chi connectivity index (χ4v) is 2.93. The van der Waals surface area contributed by atoms with Gasteiger partial charge in [-0.05, 0) is 25.8 Å². The number of aliphatic imine (C=N–C) groups is 1. The molecule has 1 fully saturated rings. The monoisotopic (exact) mass is 372 g/mol. The van der Waals surface area contributed by atoms with Gasteiger partial charge in [0.25, 0.3) is 0 Å². The number of benzene rings is 1. The summed E-state index contributed by atoms with van der Waals surface area (Å²) >= 11 is 0. The fraction of sp³-hybridized carbons (Fsp3) is 0.611. The summed E-state index contributed by atoms with van der Waals surface area (Å²) in [5.41, 5.74) is 1.90. The molecule has 8 heteroatoms. The van der Waals surface area contributed by atoms with Crippen molar-refractivity contribution in [1.29, 1.82) is 0 Å². The van der Waals surface area contributed by atoms with Crippen molar-refractivity contribution in [3.63, 3.8) is 0 Å². The SMILES string of the molecule is CCNC(=NCC(O)c1ccc(C)cc1)NC1CCN(CC(F)(F)F)C1. The molecule has 1 saturated heterocycles. The molecule has 1 heterocycles. The number of aliphatic hydroxyl groups excluding tert-OH is 1. The van der Waals surface area contributed by atoms with Crippen molar-refractivity contribution in [3.05, 3.63) is 35.4 Å². The quantitative estimate of drug-likeness (QED) is 0.529. The molecule has 0 spiro atoms. The van der Waals surface area contributed by atoms with Crippen LogP contribution in [0.4, 0.5) is 13.2 Å². The lowest BCUT2D eigenvalue weighted by molar-refractivity contribution is -0.143. The third-order valence-electron chi connectivity index (χ3n) is 4.24. The van der Waals surface area contributed by atoms with Crippen LogP contribution >= 0.6 is 0 Å². The number of nitrogens with zero attached hydrogens (tertiary/aromatic N) is 2. The smallest absolute Gasteiger partial charge is 0.386 e. The Kier molecular flexibility index (Phi) is 7.28. The first kappa shape index (κ1) is 20.5. The minimum absolute atomic E-state index is 0.0910. The number of likely N-dealkylation sites (tertiary alicyclic amines) is 1. The zero-order valence-corrected chi connectivity index (χ0v) is 15.2. The van der Waals surface area contributed by atoms with Gasteiger partial charge in [-0.3, -0.25) is 9.89 Å². The van der Waals surface area contributed by atoms with Gasteiger partial charge >= 0.3 is 6.18 Å². The van der Waals surface area contributed by atoms with Crippen molar-refractivity contribution >= 4 is 5.96 Å². The van der Waals surface area contributed by atoms with Crippen molar-refractivity contribution in [2.75, 3.05) is 32.7 Å². The Labute approximate surface area is 152 Å². The van der Waals surface area contributed by atoms with E-state index in [1.165, 1.54) is 4.90 Å². The summed E-state index contributed by atoms with van der Waals surface area (Å²) in [6.07, 6.45) is -4.27. The van der Waals surface area contributed by atoms with Crippen molar-refractivity contribution in [1.82, 2.24) is 15.5 Å². The lowest BCUT2D eigenvalue weighted by Gasteiger charge is -2.20. The molecule has 26 heavy (non-hydrogen) atoms. The van der Waals surface area contributed by atoms with Crippen LogP contribution in [0.5, 0.6) is 0 Å². The Morgan fingerprint density at radius 2 is 2.04 bits per heavy atom. The summed E-state index contributed by atoms with van der Waals surface area (Å²) in [7, 11) is 0. The van der Waals surface area contributed by atoms with Crippen LogP contribution in [0.15, 0.2) is 29.3 Å². The van der Waals surface area contributed by atoms with Crippen molar-refractivity contribution < 1.29 is 18.3 Å². The number of aryl methyl sites for hydroxylation is 1. The van der Waals surface area contributed by atoms with Gasteiger partial charge in [0.1, 0.15) is 0 Å². The molecule has 1 aliphatic heterocycles. The first-order chi connectivity index (χ1) is 12.3. The maximum atomic E-state index is 12.5. The van der Waals surface area contributed by atoms with E-state index < -0.39 is 18.8 Å². The molecule has 1 aromatic rings. The van der Waals surface area contributed by atoms with E-state index in [-0.39, 0.29) is 12.6 Å². The number of aliphatic hydroxyl groups is 1. The number of hydrogen-bond donors (Lipinski definition) is 3. The number of guanidine groups is 1. The van der Waals surface area contributed by atoms with Gasteiger partial charge < -0.3 is 15.7 Å². The molecule has 1 aliphatic rings. The molecule has 2 rings (SSSR count). The van der Waals surface area contributed by atoms with Crippen LogP contribution in [-0.4, -0.2) is 60.9 Å². The number of hydrogen-bond acceptors (Lipinski definition) is 3. The summed E-state index contributed by atoms with van der Waals surface area (Å²) in [6.45, 7) is 4.55. The number of halogens is 3. The van der Waals surface area contributed by atoms with E-state index in [2.05, 4.69) is 15.6 Å². The highest BCUT2D eigenvalue weighted by molar-refractivity contribution is 5.80. The molecule has 0 bridgehead atoms. The lowest BCUT2D eigenvalue weighted by atomic mass is 10.1.